The van der Waals surface area contributed by atoms with Crippen LogP contribution in [0.3, 0.4) is 0 Å². The summed E-state index contributed by atoms with van der Waals surface area (Å²) < 4.78 is 28.5. The third kappa shape index (κ3) is 4.77. The summed E-state index contributed by atoms with van der Waals surface area (Å²) in [6.45, 7) is 6.91. The molecule has 0 unspecified atom stereocenters. The van der Waals surface area contributed by atoms with E-state index in [2.05, 4.69) is 74.5 Å². The first-order chi connectivity index (χ1) is 15.3. The summed E-state index contributed by atoms with van der Waals surface area (Å²) in [6, 6.07) is 24.0. The molecule has 0 radical (unpaired) electrons. The SMILES string of the molecule is Cc1ccc(C(=C2C=CCCN(S(=O)(=O)c3ccc(C)cc3)C2)c2ccc(C)cc2)cc1. The van der Waals surface area contributed by atoms with Gasteiger partial charge in [0.05, 0.1) is 4.90 Å². The third-order valence-electron chi connectivity index (χ3n) is 5.87. The van der Waals surface area contributed by atoms with Crippen molar-refractivity contribution in [3.63, 3.8) is 0 Å². The lowest BCUT2D eigenvalue weighted by Gasteiger charge is -2.23. The van der Waals surface area contributed by atoms with Gasteiger partial charge in [0.25, 0.3) is 0 Å². The highest BCUT2D eigenvalue weighted by Crippen LogP contribution is 2.31. The number of benzene rings is 3. The van der Waals surface area contributed by atoms with E-state index in [0.717, 1.165) is 27.8 Å². The van der Waals surface area contributed by atoms with Crippen molar-refractivity contribution in [2.24, 2.45) is 0 Å². The van der Waals surface area contributed by atoms with Gasteiger partial charge >= 0.3 is 0 Å². The molecule has 3 nitrogen and oxygen atoms in total. The Morgan fingerprint density at radius 2 is 1.19 bits per heavy atom. The van der Waals surface area contributed by atoms with E-state index in [9.17, 15) is 8.42 Å². The van der Waals surface area contributed by atoms with Gasteiger partial charge < -0.3 is 0 Å². The Balaban J connectivity index is 1.82. The molecule has 0 amide bonds. The van der Waals surface area contributed by atoms with E-state index >= 15 is 0 Å². The lowest BCUT2D eigenvalue weighted by Crippen LogP contribution is -2.33. The van der Waals surface area contributed by atoms with Crippen molar-refractivity contribution in [2.45, 2.75) is 32.1 Å². The summed E-state index contributed by atoms with van der Waals surface area (Å²) in [7, 11) is -3.59. The van der Waals surface area contributed by atoms with Gasteiger partial charge in [-0.25, -0.2) is 8.42 Å². The average Bonchev–Trinajstić information content (AvgIpc) is 3.04. The maximum absolute atomic E-state index is 13.5. The average molecular weight is 444 g/mol. The Morgan fingerprint density at radius 3 is 1.69 bits per heavy atom. The number of nitrogens with zero attached hydrogens (tertiary/aromatic N) is 1. The van der Waals surface area contributed by atoms with Crippen molar-refractivity contribution in [1.82, 2.24) is 4.31 Å². The fourth-order valence-electron chi connectivity index (χ4n) is 3.97. The van der Waals surface area contributed by atoms with Crippen LogP contribution >= 0.6 is 0 Å². The van der Waals surface area contributed by atoms with Crippen molar-refractivity contribution in [2.75, 3.05) is 13.1 Å². The highest BCUT2D eigenvalue weighted by atomic mass is 32.2. The van der Waals surface area contributed by atoms with Crippen molar-refractivity contribution in [3.8, 4) is 0 Å². The van der Waals surface area contributed by atoms with Crippen LogP contribution in [0, 0.1) is 20.8 Å². The molecule has 4 rings (SSSR count). The first-order valence-electron chi connectivity index (χ1n) is 11.0. The zero-order valence-electron chi connectivity index (χ0n) is 18.9. The summed E-state index contributed by atoms with van der Waals surface area (Å²) in [5.74, 6) is 0. The van der Waals surface area contributed by atoms with Crippen molar-refractivity contribution in [3.05, 3.63) is 118 Å². The van der Waals surface area contributed by atoms with Crippen LogP contribution in [-0.2, 0) is 10.0 Å². The van der Waals surface area contributed by atoms with Gasteiger partial charge in [-0.1, -0.05) is 89.5 Å². The summed E-state index contributed by atoms with van der Waals surface area (Å²) in [5.41, 5.74) is 7.70. The molecule has 4 heteroatoms. The fourth-order valence-corrected chi connectivity index (χ4v) is 5.40. The second kappa shape index (κ2) is 9.27. The second-order valence-corrected chi connectivity index (χ2v) is 10.4. The highest BCUT2D eigenvalue weighted by Gasteiger charge is 2.27. The van der Waals surface area contributed by atoms with Crippen LogP contribution in [0.2, 0.25) is 0 Å². The molecular weight excluding hydrogens is 414 g/mol. The molecule has 3 aromatic carbocycles. The monoisotopic (exact) mass is 443 g/mol. The quantitative estimate of drug-likeness (QED) is 0.491. The summed E-state index contributed by atoms with van der Waals surface area (Å²) in [5, 5.41) is 0. The first kappa shape index (κ1) is 22.3. The fraction of sp³-hybridized carbons (Fsp3) is 0.214. The molecule has 1 aliphatic heterocycles. The molecule has 164 valence electrons. The number of sulfonamides is 1. The number of hydrogen-bond acceptors (Lipinski definition) is 2. The molecule has 0 N–H and O–H groups in total. The number of hydrogen-bond donors (Lipinski definition) is 0. The third-order valence-corrected chi connectivity index (χ3v) is 7.73. The maximum atomic E-state index is 13.5. The highest BCUT2D eigenvalue weighted by molar-refractivity contribution is 7.89. The Bertz CT molecular complexity index is 1200. The molecule has 0 aliphatic carbocycles. The molecule has 0 bridgehead atoms. The molecule has 32 heavy (non-hydrogen) atoms. The van der Waals surface area contributed by atoms with E-state index in [4.69, 9.17) is 0 Å². The molecule has 0 spiro atoms. The summed E-state index contributed by atoms with van der Waals surface area (Å²) in [6.07, 6.45) is 4.87. The van der Waals surface area contributed by atoms with Crippen LogP contribution in [0.25, 0.3) is 5.57 Å². The molecule has 0 fully saturated rings. The van der Waals surface area contributed by atoms with Gasteiger partial charge in [0.15, 0.2) is 0 Å². The predicted molar refractivity (Wildman–Crippen MR) is 132 cm³/mol. The molecule has 1 heterocycles. The van der Waals surface area contributed by atoms with Gasteiger partial charge in [-0.15, -0.1) is 0 Å². The largest absolute Gasteiger partial charge is 0.243 e. The van der Waals surface area contributed by atoms with E-state index in [-0.39, 0.29) is 0 Å². The lowest BCUT2D eigenvalue weighted by atomic mass is 9.91. The minimum atomic E-state index is -3.59. The molecule has 0 saturated heterocycles. The van der Waals surface area contributed by atoms with Gasteiger partial charge in [0, 0.05) is 13.1 Å². The number of aryl methyl sites for hydroxylation is 3. The van der Waals surface area contributed by atoms with Crippen LogP contribution in [0.5, 0.6) is 0 Å². The Kier molecular flexibility index (Phi) is 6.45. The van der Waals surface area contributed by atoms with Gasteiger partial charge in [0.1, 0.15) is 0 Å². The van der Waals surface area contributed by atoms with E-state index < -0.39 is 10.0 Å². The molecule has 3 aromatic rings. The summed E-state index contributed by atoms with van der Waals surface area (Å²) >= 11 is 0. The zero-order valence-corrected chi connectivity index (χ0v) is 19.7. The number of rotatable bonds is 4. The maximum Gasteiger partial charge on any atom is 0.243 e. The lowest BCUT2D eigenvalue weighted by molar-refractivity contribution is 0.447. The van der Waals surface area contributed by atoms with Crippen molar-refractivity contribution >= 4 is 15.6 Å². The van der Waals surface area contributed by atoms with Crippen LogP contribution in [0.1, 0.15) is 34.2 Å². The van der Waals surface area contributed by atoms with Crippen LogP contribution < -0.4 is 0 Å². The van der Waals surface area contributed by atoms with E-state index in [0.29, 0.717) is 24.4 Å². The second-order valence-electron chi connectivity index (χ2n) is 8.47. The van der Waals surface area contributed by atoms with Gasteiger partial charge in [0.2, 0.25) is 10.0 Å². The smallest absolute Gasteiger partial charge is 0.207 e. The van der Waals surface area contributed by atoms with Gasteiger partial charge in [-0.2, -0.15) is 4.31 Å². The molecule has 1 aliphatic rings. The minimum Gasteiger partial charge on any atom is -0.207 e. The predicted octanol–water partition coefficient (Wildman–Crippen LogP) is 6.06. The summed E-state index contributed by atoms with van der Waals surface area (Å²) in [4.78, 5) is 0.344. The Morgan fingerprint density at radius 1 is 0.719 bits per heavy atom. The van der Waals surface area contributed by atoms with Gasteiger partial charge in [-0.3, -0.25) is 0 Å². The minimum absolute atomic E-state index is 0.337. The van der Waals surface area contributed by atoms with E-state index in [1.165, 1.54) is 11.1 Å². The standard InChI is InChI=1S/C28H29NO2S/c1-21-7-13-24(14-8-21)28(25-15-9-22(2)10-16-25)26-6-4-5-19-29(20-26)32(30,31)27-17-11-23(3)12-18-27/h4,6-18H,5,19-20H2,1-3H3. The first-order valence-corrected chi connectivity index (χ1v) is 12.4. The molecule has 0 saturated carbocycles. The Labute approximate surface area is 191 Å². The molecular formula is C28H29NO2S. The van der Waals surface area contributed by atoms with Crippen molar-refractivity contribution < 1.29 is 8.42 Å². The zero-order chi connectivity index (χ0) is 22.7. The van der Waals surface area contributed by atoms with Crippen molar-refractivity contribution in [1.29, 1.82) is 0 Å². The Hall–Kier alpha value is -2.95. The van der Waals surface area contributed by atoms with Crippen LogP contribution in [0.15, 0.2) is 95.4 Å². The van der Waals surface area contributed by atoms with E-state index in [1.54, 1.807) is 16.4 Å². The molecule has 0 atom stereocenters. The normalized spacial score (nSPS) is 14.9. The van der Waals surface area contributed by atoms with Gasteiger partial charge in [-0.05, 0) is 61.6 Å². The topological polar surface area (TPSA) is 37.4 Å². The van der Waals surface area contributed by atoms with Crippen LogP contribution in [-0.4, -0.2) is 25.8 Å². The van der Waals surface area contributed by atoms with E-state index in [1.807, 2.05) is 19.1 Å². The molecule has 0 aromatic heterocycles. The van der Waals surface area contributed by atoms with Crippen LogP contribution in [0.4, 0.5) is 0 Å².